The number of hydrogen-bond donors (Lipinski definition) is 1. The van der Waals surface area contributed by atoms with E-state index < -0.39 is 0 Å². The maximum Gasteiger partial charge on any atom is 0.275 e. The Bertz CT molecular complexity index is 843. The Labute approximate surface area is 140 Å². The van der Waals surface area contributed by atoms with Gasteiger partial charge in [-0.3, -0.25) is 14.8 Å². The van der Waals surface area contributed by atoms with Crippen molar-refractivity contribution < 1.29 is 4.79 Å². The molecule has 1 N–H and O–H groups in total. The second-order valence-corrected chi connectivity index (χ2v) is 6.16. The predicted octanol–water partition coefficient (Wildman–Crippen LogP) is 4.10. The van der Waals surface area contributed by atoms with Crippen molar-refractivity contribution in [2.45, 2.75) is 0 Å². The minimum Gasteiger partial charge on any atom is -0.296 e. The van der Waals surface area contributed by atoms with Crippen LogP contribution in [0.15, 0.2) is 35.8 Å². The molecular formula is C14H10Cl2N4OS. The highest BCUT2D eigenvalue weighted by atomic mass is 35.5. The van der Waals surface area contributed by atoms with Gasteiger partial charge in [0.1, 0.15) is 5.69 Å². The molecule has 0 aliphatic rings. The maximum absolute atomic E-state index is 12.1. The fourth-order valence-electron chi connectivity index (χ4n) is 1.91. The maximum atomic E-state index is 12.1. The van der Waals surface area contributed by atoms with Crippen LogP contribution >= 0.6 is 34.5 Å². The average molecular weight is 353 g/mol. The molecular weight excluding hydrogens is 343 g/mol. The van der Waals surface area contributed by atoms with Crippen molar-refractivity contribution in [2.75, 3.05) is 5.32 Å². The van der Waals surface area contributed by atoms with Crippen LogP contribution in [0.2, 0.25) is 10.0 Å². The Morgan fingerprint density at radius 2 is 2.14 bits per heavy atom. The van der Waals surface area contributed by atoms with E-state index >= 15 is 0 Å². The summed E-state index contributed by atoms with van der Waals surface area (Å²) in [5, 5.41) is 10.1. The SMILES string of the molecule is Cn1nccc1C(=O)Nc1nc(-c2cc(Cl)ccc2Cl)cs1. The largest absolute Gasteiger partial charge is 0.296 e. The molecule has 3 rings (SSSR count). The number of aromatic nitrogens is 3. The zero-order valence-corrected chi connectivity index (χ0v) is 13.7. The van der Waals surface area contributed by atoms with Gasteiger partial charge in [-0.05, 0) is 24.3 Å². The van der Waals surface area contributed by atoms with Crippen LogP contribution in [-0.2, 0) is 7.05 Å². The molecule has 1 aromatic carbocycles. The van der Waals surface area contributed by atoms with Crippen LogP contribution in [0.3, 0.4) is 0 Å². The van der Waals surface area contributed by atoms with E-state index in [9.17, 15) is 4.79 Å². The minimum absolute atomic E-state index is 0.266. The van der Waals surface area contributed by atoms with Gasteiger partial charge < -0.3 is 0 Å². The molecule has 0 saturated carbocycles. The number of benzene rings is 1. The lowest BCUT2D eigenvalue weighted by atomic mass is 10.2. The first-order valence-corrected chi connectivity index (χ1v) is 7.88. The van der Waals surface area contributed by atoms with Gasteiger partial charge in [0, 0.05) is 29.2 Å². The van der Waals surface area contributed by atoms with Gasteiger partial charge in [-0.15, -0.1) is 11.3 Å². The molecule has 0 fully saturated rings. The van der Waals surface area contributed by atoms with Crippen LogP contribution < -0.4 is 5.32 Å². The number of nitrogens with one attached hydrogen (secondary N) is 1. The zero-order chi connectivity index (χ0) is 15.7. The predicted molar refractivity (Wildman–Crippen MR) is 88.7 cm³/mol. The van der Waals surface area contributed by atoms with Crippen molar-refractivity contribution in [3.05, 3.63) is 51.6 Å². The number of carbonyl (C=O) groups is 1. The molecule has 0 radical (unpaired) electrons. The van der Waals surface area contributed by atoms with Crippen LogP contribution in [0, 0.1) is 0 Å². The summed E-state index contributed by atoms with van der Waals surface area (Å²) in [6.45, 7) is 0. The molecule has 1 amide bonds. The van der Waals surface area contributed by atoms with Crippen molar-refractivity contribution in [3.63, 3.8) is 0 Å². The minimum atomic E-state index is -0.266. The molecule has 2 heterocycles. The van der Waals surface area contributed by atoms with Gasteiger partial charge >= 0.3 is 0 Å². The lowest BCUT2D eigenvalue weighted by Gasteiger charge is -2.02. The Morgan fingerprint density at radius 1 is 1.32 bits per heavy atom. The second-order valence-electron chi connectivity index (χ2n) is 4.46. The van der Waals surface area contributed by atoms with Crippen LogP contribution in [0.4, 0.5) is 5.13 Å². The highest BCUT2D eigenvalue weighted by Crippen LogP contribution is 2.32. The van der Waals surface area contributed by atoms with Crippen LogP contribution in [0.5, 0.6) is 0 Å². The summed E-state index contributed by atoms with van der Waals surface area (Å²) >= 11 is 13.5. The summed E-state index contributed by atoms with van der Waals surface area (Å²) in [4.78, 5) is 16.5. The summed E-state index contributed by atoms with van der Waals surface area (Å²) in [6.07, 6.45) is 1.56. The Kier molecular flexibility index (Phi) is 4.15. The molecule has 0 saturated heterocycles. The fraction of sp³-hybridized carbons (Fsp3) is 0.0714. The zero-order valence-electron chi connectivity index (χ0n) is 11.4. The fourth-order valence-corrected chi connectivity index (χ4v) is 3.00. The number of halogens is 2. The Morgan fingerprint density at radius 3 is 2.86 bits per heavy atom. The normalized spacial score (nSPS) is 10.7. The van der Waals surface area contributed by atoms with E-state index in [1.165, 1.54) is 16.0 Å². The molecule has 2 aromatic heterocycles. The molecule has 112 valence electrons. The molecule has 5 nitrogen and oxygen atoms in total. The number of nitrogens with zero attached hydrogens (tertiary/aromatic N) is 3. The lowest BCUT2D eigenvalue weighted by Crippen LogP contribution is -2.15. The molecule has 0 bridgehead atoms. The molecule has 0 aliphatic carbocycles. The standard InChI is InChI=1S/C14H10Cl2N4OS/c1-20-12(4-5-17-20)13(21)19-14-18-11(7-22-14)9-6-8(15)2-3-10(9)16/h2-7H,1H3,(H,18,19,21). The molecule has 3 aromatic rings. The molecule has 0 spiro atoms. The topological polar surface area (TPSA) is 59.8 Å². The first kappa shape index (κ1) is 15.0. The number of amides is 1. The number of carbonyl (C=O) groups excluding carboxylic acids is 1. The van der Waals surface area contributed by atoms with Crippen molar-refractivity contribution in [3.8, 4) is 11.3 Å². The van der Waals surface area contributed by atoms with E-state index in [4.69, 9.17) is 23.2 Å². The van der Waals surface area contributed by atoms with Crippen LogP contribution in [0.1, 0.15) is 10.5 Å². The van der Waals surface area contributed by atoms with Crippen molar-refractivity contribution in [1.29, 1.82) is 0 Å². The summed E-state index contributed by atoms with van der Waals surface area (Å²) in [6, 6.07) is 6.81. The summed E-state index contributed by atoms with van der Waals surface area (Å²) < 4.78 is 1.50. The summed E-state index contributed by atoms with van der Waals surface area (Å²) in [7, 11) is 1.70. The molecule has 0 aliphatic heterocycles. The summed E-state index contributed by atoms with van der Waals surface area (Å²) in [5.41, 5.74) is 1.85. The van der Waals surface area contributed by atoms with Gasteiger partial charge in [0.15, 0.2) is 5.13 Å². The third kappa shape index (κ3) is 2.99. The summed E-state index contributed by atoms with van der Waals surface area (Å²) in [5.74, 6) is -0.266. The van der Waals surface area contributed by atoms with Gasteiger partial charge in [0.25, 0.3) is 5.91 Å². The highest BCUT2D eigenvalue weighted by molar-refractivity contribution is 7.14. The Hall–Kier alpha value is -1.89. The third-order valence-corrected chi connectivity index (χ3v) is 4.30. The van der Waals surface area contributed by atoms with Crippen molar-refractivity contribution in [1.82, 2.24) is 14.8 Å². The van der Waals surface area contributed by atoms with Crippen molar-refractivity contribution >= 4 is 45.6 Å². The first-order chi connectivity index (χ1) is 10.5. The van der Waals surface area contributed by atoms with Gasteiger partial charge in [-0.1, -0.05) is 23.2 Å². The smallest absolute Gasteiger partial charge is 0.275 e. The third-order valence-electron chi connectivity index (χ3n) is 2.98. The number of rotatable bonds is 3. The lowest BCUT2D eigenvalue weighted by molar-refractivity contribution is 0.101. The number of thiazole rings is 1. The number of hydrogen-bond acceptors (Lipinski definition) is 4. The number of anilines is 1. The van der Waals surface area contributed by atoms with Gasteiger partial charge in [-0.25, -0.2) is 4.98 Å². The molecule has 8 heteroatoms. The molecule has 0 unspecified atom stereocenters. The Balaban J connectivity index is 1.84. The van der Waals surface area contributed by atoms with Crippen LogP contribution in [0.25, 0.3) is 11.3 Å². The van der Waals surface area contributed by atoms with E-state index in [0.717, 1.165) is 5.56 Å². The van der Waals surface area contributed by atoms with E-state index in [1.807, 2.05) is 5.38 Å². The average Bonchev–Trinajstić information content (AvgIpc) is 3.10. The van der Waals surface area contributed by atoms with E-state index in [-0.39, 0.29) is 5.91 Å². The van der Waals surface area contributed by atoms with E-state index in [2.05, 4.69) is 15.4 Å². The van der Waals surface area contributed by atoms with Gasteiger partial charge in [0.2, 0.25) is 0 Å². The van der Waals surface area contributed by atoms with E-state index in [1.54, 1.807) is 37.5 Å². The number of aryl methyl sites for hydroxylation is 1. The molecule has 22 heavy (non-hydrogen) atoms. The van der Waals surface area contributed by atoms with Gasteiger partial charge in [-0.2, -0.15) is 5.10 Å². The van der Waals surface area contributed by atoms with Crippen LogP contribution in [-0.4, -0.2) is 20.7 Å². The molecule has 0 atom stereocenters. The quantitative estimate of drug-likeness (QED) is 0.771. The highest BCUT2D eigenvalue weighted by Gasteiger charge is 2.14. The van der Waals surface area contributed by atoms with Crippen molar-refractivity contribution in [2.24, 2.45) is 7.05 Å². The second kappa shape index (κ2) is 6.08. The van der Waals surface area contributed by atoms with E-state index in [0.29, 0.717) is 26.6 Å². The van der Waals surface area contributed by atoms with Gasteiger partial charge in [0.05, 0.1) is 10.7 Å². The monoisotopic (exact) mass is 352 g/mol. The first-order valence-electron chi connectivity index (χ1n) is 6.25.